The molecule has 0 saturated heterocycles. The van der Waals surface area contributed by atoms with Gasteiger partial charge in [-0.2, -0.15) is 0 Å². The van der Waals surface area contributed by atoms with Gasteiger partial charge in [-0.15, -0.1) is 0 Å². The summed E-state index contributed by atoms with van der Waals surface area (Å²) in [7, 11) is 0. The Bertz CT molecular complexity index is 1020. The fraction of sp³-hybridized carbons (Fsp3) is 0.370. The number of aromatic nitrogens is 1. The summed E-state index contributed by atoms with van der Waals surface area (Å²) in [6.07, 6.45) is 8.83. The monoisotopic (exact) mass is 493 g/mol. The normalized spacial score (nSPS) is 14.3. The molecular formula is C27H32BrN3O. The minimum absolute atomic E-state index is 0.00851. The Morgan fingerprint density at radius 2 is 1.78 bits per heavy atom. The number of halogens is 1. The summed E-state index contributed by atoms with van der Waals surface area (Å²) in [6.45, 7) is 3.54. The maximum atomic E-state index is 13.5. The number of urea groups is 1. The molecule has 0 spiro atoms. The highest BCUT2D eigenvalue weighted by atomic mass is 79.9. The molecule has 1 N–H and O–H groups in total. The molecule has 0 atom stereocenters. The van der Waals surface area contributed by atoms with Crippen molar-refractivity contribution >= 4 is 27.6 Å². The van der Waals surface area contributed by atoms with Gasteiger partial charge in [0.05, 0.1) is 6.54 Å². The van der Waals surface area contributed by atoms with E-state index in [1.165, 1.54) is 30.4 Å². The minimum Gasteiger partial charge on any atom is -0.345 e. The first-order valence-electron chi connectivity index (χ1n) is 11.7. The zero-order chi connectivity index (χ0) is 22.3. The van der Waals surface area contributed by atoms with Crippen molar-refractivity contribution in [2.45, 2.75) is 64.6 Å². The summed E-state index contributed by atoms with van der Waals surface area (Å²) < 4.78 is 3.34. The van der Waals surface area contributed by atoms with E-state index in [0.717, 1.165) is 41.7 Å². The van der Waals surface area contributed by atoms with Gasteiger partial charge in [-0.05, 0) is 60.7 Å². The maximum Gasteiger partial charge on any atom is 0.322 e. The van der Waals surface area contributed by atoms with Crippen LogP contribution in [-0.2, 0) is 19.5 Å². The van der Waals surface area contributed by atoms with Crippen LogP contribution in [0.4, 0.5) is 10.5 Å². The maximum absolute atomic E-state index is 13.5. The Hall–Kier alpha value is -2.53. The molecule has 3 aromatic rings. The molecule has 1 fully saturated rings. The molecule has 0 bridgehead atoms. The number of hydrogen-bond acceptors (Lipinski definition) is 1. The second-order valence-electron chi connectivity index (χ2n) is 8.61. The Labute approximate surface area is 199 Å². The number of carbonyl (C=O) groups excluding carboxylic acids is 1. The molecule has 1 saturated carbocycles. The van der Waals surface area contributed by atoms with E-state index in [2.05, 4.69) is 86.3 Å². The van der Waals surface area contributed by atoms with E-state index in [9.17, 15) is 4.79 Å². The van der Waals surface area contributed by atoms with Gasteiger partial charge in [0.25, 0.3) is 0 Å². The molecule has 2 aromatic carbocycles. The highest BCUT2D eigenvalue weighted by Gasteiger charge is 2.27. The molecule has 4 nitrogen and oxygen atoms in total. The van der Waals surface area contributed by atoms with Crippen LogP contribution in [0, 0.1) is 0 Å². The van der Waals surface area contributed by atoms with Crippen molar-refractivity contribution in [3.63, 3.8) is 0 Å². The molecule has 1 aromatic heterocycles. The van der Waals surface area contributed by atoms with Crippen molar-refractivity contribution in [3.05, 3.63) is 88.2 Å². The Morgan fingerprint density at radius 3 is 2.53 bits per heavy atom. The first-order chi connectivity index (χ1) is 15.6. The average Bonchev–Trinajstić information content (AvgIpc) is 3.26. The smallest absolute Gasteiger partial charge is 0.322 e. The molecule has 5 heteroatoms. The third-order valence-corrected chi connectivity index (χ3v) is 6.97. The molecule has 2 amide bonds. The number of nitrogens with one attached hydrogen (secondary N) is 1. The van der Waals surface area contributed by atoms with Crippen LogP contribution >= 0.6 is 15.9 Å². The minimum atomic E-state index is 0.00851. The number of hydrogen-bond donors (Lipinski definition) is 1. The van der Waals surface area contributed by atoms with Gasteiger partial charge in [-0.3, -0.25) is 0 Å². The van der Waals surface area contributed by atoms with E-state index in [-0.39, 0.29) is 12.1 Å². The number of para-hydroxylation sites is 1. The van der Waals surface area contributed by atoms with Gasteiger partial charge < -0.3 is 14.8 Å². The molecule has 0 aliphatic heterocycles. The van der Waals surface area contributed by atoms with Crippen LogP contribution in [0.25, 0.3) is 0 Å². The van der Waals surface area contributed by atoms with E-state index in [1.54, 1.807) is 0 Å². The third kappa shape index (κ3) is 5.63. The number of amides is 2. The van der Waals surface area contributed by atoms with E-state index >= 15 is 0 Å². The Balaban J connectivity index is 1.54. The number of anilines is 1. The van der Waals surface area contributed by atoms with Crippen molar-refractivity contribution in [2.75, 3.05) is 5.32 Å². The van der Waals surface area contributed by atoms with Crippen LogP contribution in [-0.4, -0.2) is 21.5 Å². The van der Waals surface area contributed by atoms with Crippen molar-refractivity contribution in [1.29, 1.82) is 0 Å². The van der Waals surface area contributed by atoms with Crippen molar-refractivity contribution in [2.24, 2.45) is 0 Å². The average molecular weight is 494 g/mol. The second kappa shape index (κ2) is 10.9. The van der Waals surface area contributed by atoms with Crippen LogP contribution in [0.15, 0.2) is 71.3 Å². The molecule has 0 unspecified atom stereocenters. The van der Waals surface area contributed by atoms with Gasteiger partial charge in [-0.1, -0.05) is 72.4 Å². The van der Waals surface area contributed by atoms with E-state index in [1.807, 2.05) is 18.2 Å². The summed E-state index contributed by atoms with van der Waals surface area (Å²) in [5.74, 6) is 0. The lowest BCUT2D eigenvalue weighted by molar-refractivity contribution is 0.161. The number of benzene rings is 2. The zero-order valence-corrected chi connectivity index (χ0v) is 20.4. The summed E-state index contributed by atoms with van der Waals surface area (Å²) in [6, 6.07) is 21.1. The zero-order valence-electron chi connectivity index (χ0n) is 18.8. The second-order valence-corrected chi connectivity index (χ2v) is 9.53. The molecule has 0 radical (unpaired) electrons. The number of carbonyl (C=O) groups is 1. The standard InChI is InChI=1S/C27H32BrN3O/c1-2-22-9-6-7-13-26(22)29-27(32)31(24-10-4-3-5-11-24)20-25-12-8-18-30(25)19-21-14-16-23(28)17-15-21/h6-9,12-18,24H,2-5,10-11,19-20H2,1H3,(H,29,32). The predicted molar refractivity (Wildman–Crippen MR) is 135 cm³/mol. The van der Waals surface area contributed by atoms with Gasteiger partial charge >= 0.3 is 6.03 Å². The Morgan fingerprint density at radius 1 is 1.03 bits per heavy atom. The fourth-order valence-corrected chi connectivity index (χ4v) is 4.87. The molecule has 32 heavy (non-hydrogen) atoms. The van der Waals surface area contributed by atoms with Gasteiger partial charge in [0, 0.05) is 34.6 Å². The molecular weight excluding hydrogens is 462 g/mol. The van der Waals surface area contributed by atoms with Crippen molar-refractivity contribution in [3.8, 4) is 0 Å². The molecule has 4 rings (SSSR count). The van der Waals surface area contributed by atoms with Crippen molar-refractivity contribution in [1.82, 2.24) is 9.47 Å². The van der Waals surface area contributed by atoms with Crippen LogP contribution in [0.2, 0.25) is 0 Å². The quantitative estimate of drug-likeness (QED) is 0.370. The topological polar surface area (TPSA) is 37.3 Å². The largest absolute Gasteiger partial charge is 0.345 e. The van der Waals surface area contributed by atoms with Gasteiger partial charge in [-0.25, -0.2) is 4.79 Å². The van der Waals surface area contributed by atoms with Crippen LogP contribution < -0.4 is 5.32 Å². The van der Waals surface area contributed by atoms with Gasteiger partial charge in [0.15, 0.2) is 0 Å². The van der Waals surface area contributed by atoms with Gasteiger partial charge in [0.1, 0.15) is 0 Å². The predicted octanol–water partition coefficient (Wildman–Crippen LogP) is 7.23. The summed E-state index contributed by atoms with van der Waals surface area (Å²) >= 11 is 3.51. The lowest BCUT2D eigenvalue weighted by Crippen LogP contribution is -2.43. The van der Waals surface area contributed by atoms with Crippen LogP contribution in [0.1, 0.15) is 55.8 Å². The number of aryl methyl sites for hydroxylation is 1. The lowest BCUT2D eigenvalue weighted by atomic mass is 9.94. The summed E-state index contributed by atoms with van der Waals surface area (Å²) in [4.78, 5) is 15.6. The van der Waals surface area contributed by atoms with E-state index in [0.29, 0.717) is 6.54 Å². The fourth-order valence-electron chi connectivity index (χ4n) is 4.61. The molecule has 1 heterocycles. The summed E-state index contributed by atoms with van der Waals surface area (Å²) in [5.41, 5.74) is 4.50. The van der Waals surface area contributed by atoms with E-state index in [4.69, 9.17) is 0 Å². The van der Waals surface area contributed by atoms with Gasteiger partial charge in [0.2, 0.25) is 0 Å². The number of nitrogens with zero attached hydrogens (tertiary/aromatic N) is 2. The first-order valence-corrected chi connectivity index (χ1v) is 12.5. The van der Waals surface area contributed by atoms with Crippen molar-refractivity contribution < 1.29 is 4.79 Å². The highest BCUT2D eigenvalue weighted by molar-refractivity contribution is 9.10. The Kier molecular flexibility index (Phi) is 7.69. The SMILES string of the molecule is CCc1ccccc1NC(=O)N(Cc1cccn1Cc1ccc(Br)cc1)C1CCCCC1. The van der Waals surface area contributed by atoms with Crippen LogP contribution in [0.3, 0.4) is 0 Å². The van der Waals surface area contributed by atoms with Crippen LogP contribution in [0.5, 0.6) is 0 Å². The van der Waals surface area contributed by atoms with E-state index < -0.39 is 0 Å². The molecule has 1 aliphatic rings. The molecule has 1 aliphatic carbocycles. The third-order valence-electron chi connectivity index (χ3n) is 6.44. The summed E-state index contributed by atoms with van der Waals surface area (Å²) in [5, 5.41) is 3.22. The first kappa shape index (κ1) is 22.7. The number of rotatable bonds is 7. The lowest BCUT2D eigenvalue weighted by Gasteiger charge is -2.35. The highest BCUT2D eigenvalue weighted by Crippen LogP contribution is 2.26. The molecule has 168 valence electrons.